The average Bonchev–Trinajstić information content (AvgIpc) is 2.95. The highest BCUT2D eigenvalue weighted by atomic mass is 16.6. The van der Waals surface area contributed by atoms with E-state index in [4.69, 9.17) is 4.74 Å². The number of aliphatic hydroxyl groups is 2. The zero-order valence-corrected chi connectivity index (χ0v) is 11.3. The van der Waals surface area contributed by atoms with Crippen molar-refractivity contribution < 1.29 is 19.7 Å². The van der Waals surface area contributed by atoms with Gasteiger partial charge in [0, 0.05) is 6.04 Å². The topological polar surface area (TPSA) is 70.0 Å². The maximum absolute atomic E-state index is 11.5. The van der Waals surface area contributed by atoms with Crippen LogP contribution in [0.2, 0.25) is 0 Å². The normalized spacial score (nSPS) is 34.9. The van der Waals surface area contributed by atoms with Crippen molar-refractivity contribution in [1.29, 1.82) is 0 Å². The second-order valence-electron chi connectivity index (χ2n) is 5.50. The highest BCUT2D eigenvalue weighted by molar-refractivity contribution is 5.73. The summed E-state index contributed by atoms with van der Waals surface area (Å²) in [5.41, 5.74) is 1.10. The fourth-order valence-corrected chi connectivity index (χ4v) is 3.46. The third-order valence-electron chi connectivity index (χ3n) is 4.44. The molecule has 5 nitrogen and oxygen atoms in total. The van der Waals surface area contributed by atoms with Crippen LogP contribution < -0.4 is 0 Å². The number of aliphatic hydroxyl groups excluding tert-OH is 2. The maximum atomic E-state index is 11.5. The molecule has 3 rings (SSSR count). The Kier molecular flexibility index (Phi) is 3.50. The van der Waals surface area contributed by atoms with E-state index in [9.17, 15) is 15.0 Å². The molecule has 1 aromatic carbocycles. The first-order chi connectivity index (χ1) is 9.63. The Morgan fingerprint density at radius 2 is 2.10 bits per heavy atom. The van der Waals surface area contributed by atoms with E-state index in [-0.39, 0.29) is 31.1 Å². The van der Waals surface area contributed by atoms with Crippen molar-refractivity contribution in [3.8, 4) is 0 Å². The molecular formula is C15H19NO4. The molecule has 0 saturated carbocycles. The molecule has 2 saturated heterocycles. The van der Waals surface area contributed by atoms with E-state index in [1.165, 1.54) is 0 Å². The Balaban J connectivity index is 1.91. The van der Waals surface area contributed by atoms with Gasteiger partial charge >= 0.3 is 5.97 Å². The van der Waals surface area contributed by atoms with Gasteiger partial charge in [-0.3, -0.25) is 9.69 Å². The lowest BCUT2D eigenvalue weighted by Gasteiger charge is -2.33. The highest BCUT2D eigenvalue weighted by Gasteiger charge is 2.55. The summed E-state index contributed by atoms with van der Waals surface area (Å²) in [4.78, 5) is 13.5. The molecule has 0 spiro atoms. The number of rotatable bonds is 3. The fourth-order valence-electron chi connectivity index (χ4n) is 3.46. The number of ether oxygens (including phenoxy) is 1. The van der Waals surface area contributed by atoms with Crippen LogP contribution in [0.3, 0.4) is 0 Å². The van der Waals surface area contributed by atoms with Crippen LogP contribution in [0.5, 0.6) is 0 Å². The molecule has 5 heteroatoms. The van der Waals surface area contributed by atoms with Crippen molar-refractivity contribution in [2.24, 2.45) is 0 Å². The van der Waals surface area contributed by atoms with Gasteiger partial charge in [0.25, 0.3) is 0 Å². The first-order valence-electron chi connectivity index (χ1n) is 6.94. The lowest BCUT2D eigenvalue weighted by atomic mass is 10.0. The molecule has 5 atom stereocenters. The van der Waals surface area contributed by atoms with Crippen molar-refractivity contribution in [3.63, 3.8) is 0 Å². The average molecular weight is 277 g/mol. The van der Waals surface area contributed by atoms with Crippen LogP contribution in [0.1, 0.15) is 24.9 Å². The van der Waals surface area contributed by atoms with Gasteiger partial charge in [-0.05, 0) is 12.5 Å². The lowest BCUT2D eigenvalue weighted by Crippen LogP contribution is -2.43. The molecule has 0 radical (unpaired) electrons. The van der Waals surface area contributed by atoms with E-state index in [1.54, 1.807) is 0 Å². The number of hydrogen-bond acceptors (Lipinski definition) is 5. The predicted molar refractivity (Wildman–Crippen MR) is 71.9 cm³/mol. The smallest absolute Gasteiger partial charge is 0.307 e. The minimum atomic E-state index is -0.831. The molecular weight excluding hydrogens is 258 g/mol. The number of nitrogens with zero attached hydrogens (tertiary/aromatic N) is 1. The Morgan fingerprint density at radius 1 is 1.40 bits per heavy atom. The molecule has 2 aliphatic rings. The standard InChI is InChI=1S/C15H19NO4/c1-9(10-5-3-2-4-6-10)16-11-7-13(18)20-15(11)14(19)12(16)8-17/h2-6,9,11-12,14-15,17,19H,7-8H2,1H3/t9-,11-,12+,14-,15+/m1/s1. The lowest BCUT2D eigenvalue weighted by molar-refractivity contribution is -0.145. The zero-order valence-electron chi connectivity index (χ0n) is 11.3. The van der Waals surface area contributed by atoms with Crippen molar-refractivity contribution in [2.45, 2.75) is 43.7 Å². The van der Waals surface area contributed by atoms with Gasteiger partial charge in [0.1, 0.15) is 12.2 Å². The number of fused-ring (bicyclic) bond motifs is 1. The van der Waals surface area contributed by atoms with Gasteiger partial charge in [-0.2, -0.15) is 0 Å². The summed E-state index contributed by atoms with van der Waals surface area (Å²) >= 11 is 0. The fraction of sp³-hybridized carbons (Fsp3) is 0.533. The van der Waals surface area contributed by atoms with Crippen LogP contribution in [-0.4, -0.2) is 52.0 Å². The van der Waals surface area contributed by atoms with Gasteiger partial charge in [-0.1, -0.05) is 30.3 Å². The number of carbonyl (C=O) groups is 1. The molecule has 0 unspecified atom stereocenters. The monoisotopic (exact) mass is 277 g/mol. The first kappa shape index (κ1) is 13.5. The third kappa shape index (κ3) is 2.02. The number of hydrogen-bond donors (Lipinski definition) is 2. The van der Waals surface area contributed by atoms with Crippen LogP contribution in [0.4, 0.5) is 0 Å². The summed E-state index contributed by atoms with van der Waals surface area (Å²) in [5.74, 6) is -0.277. The largest absolute Gasteiger partial charge is 0.458 e. The highest BCUT2D eigenvalue weighted by Crippen LogP contribution is 2.40. The molecule has 0 aromatic heterocycles. The molecule has 108 valence electrons. The molecule has 0 amide bonds. The molecule has 1 aromatic rings. The van der Waals surface area contributed by atoms with Crippen molar-refractivity contribution in [3.05, 3.63) is 35.9 Å². The van der Waals surface area contributed by atoms with E-state index in [0.29, 0.717) is 0 Å². The van der Waals surface area contributed by atoms with Crippen LogP contribution in [0.15, 0.2) is 30.3 Å². The summed E-state index contributed by atoms with van der Waals surface area (Å²) in [6.07, 6.45) is -1.08. The summed E-state index contributed by atoms with van der Waals surface area (Å²) in [7, 11) is 0. The van der Waals surface area contributed by atoms with Gasteiger partial charge in [0.2, 0.25) is 0 Å². The third-order valence-corrected chi connectivity index (χ3v) is 4.44. The number of likely N-dealkylation sites (tertiary alicyclic amines) is 1. The van der Waals surface area contributed by atoms with Crippen molar-refractivity contribution >= 4 is 5.97 Å². The Morgan fingerprint density at radius 3 is 2.75 bits per heavy atom. The van der Waals surface area contributed by atoms with E-state index in [0.717, 1.165) is 5.56 Å². The molecule has 2 fully saturated rings. The van der Waals surface area contributed by atoms with Crippen LogP contribution in [0, 0.1) is 0 Å². The predicted octanol–water partition coefficient (Wildman–Crippen LogP) is 0.469. The minimum absolute atomic E-state index is 0.00694. The number of carbonyl (C=O) groups excluding carboxylic acids is 1. The summed E-state index contributed by atoms with van der Waals surface area (Å²) < 4.78 is 5.20. The first-order valence-corrected chi connectivity index (χ1v) is 6.94. The van der Waals surface area contributed by atoms with Crippen molar-refractivity contribution in [1.82, 2.24) is 4.90 Å². The Labute approximate surface area is 117 Å². The molecule has 0 aliphatic carbocycles. The molecule has 2 aliphatic heterocycles. The number of benzene rings is 1. The van der Waals surface area contributed by atoms with Gasteiger partial charge in [-0.25, -0.2) is 0 Å². The second-order valence-corrected chi connectivity index (χ2v) is 5.50. The molecule has 2 N–H and O–H groups in total. The van der Waals surface area contributed by atoms with Crippen LogP contribution in [0.25, 0.3) is 0 Å². The van der Waals surface area contributed by atoms with E-state index in [2.05, 4.69) is 0 Å². The van der Waals surface area contributed by atoms with Gasteiger partial charge < -0.3 is 14.9 Å². The van der Waals surface area contributed by atoms with Crippen LogP contribution in [-0.2, 0) is 9.53 Å². The zero-order chi connectivity index (χ0) is 14.3. The minimum Gasteiger partial charge on any atom is -0.458 e. The van der Waals surface area contributed by atoms with Crippen LogP contribution >= 0.6 is 0 Å². The summed E-state index contributed by atoms with van der Waals surface area (Å²) in [6.45, 7) is 1.87. The van der Waals surface area contributed by atoms with Crippen molar-refractivity contribution in [2.75, 3.05) is 6.61 Å². The van der Waals surface area contributed by atoms with Gasteiger partial charge in [-0.15, -0.1) is 0 Å². The quantitative estimate of drug-likeness (QED) is 0.786. The number of esters is 1. The Hall–Kier alpha value is -1.43. The van der Waals surface area contributed by atoms with Gasteiger partial charge in [0.05, 0.1) is 25.1 Å². The summed E-state index contributed by atoms with van der Waals surface area (Å²) in [5, 5.41) is 19.8. The summed E-state index contributed by atoms with van der Waals surface area (Å²) in [6, 6.07) is 9.34. The van der Waals surface area contributed by atoms with E-state index >= 15 is 0 Å². The van der Waals surface area contributed by atoms with E-state index in [1.807, 2.05) is 42.2 Å². The van der Waals surface area contributed by atoms with Gasteiger partial charge in [0.15, 0.2) is 0 Å². The second kappa shape index (κ2) is 5.16. The maximum Gasteiger partial charge on any atom is 0.307 e. The SMILES string of the molecule is C[C@H](c1ccccc1)N1[C@@H]2CC(=O)O[C@@H]2[C@H](O)[C@@H]1CO. The Bertz CT molecular complexity index is 492. The molecule has 0 bridgehead atoms. The van der Waals surface area contributed by atoms with E-state index < -0.39 is 18.2 Å². The molecule has 20 heavy (non-hydrogen) atoms. The molecule has 2 heterocycles.